The summed E-state index contributed by atoms with van der Waals surface area (Å²) in [7, 11) is -10.3. The van der Waals surface area contributed by atoms with Gasteiger partial charge in [0.05, 0.1) is 0 Å². The zero-order valence-electron chi connectivity index (χ0n) is 12.1. The first-order chi connectivity index (χ1) is 4.00. The molecule has 20 nitrogen and oxygen atoms in total. The third-order valence-corrected chi connectivity index (χ3v) is 0. The van der Waals surface area contributed by atoms with Crippen molar-refractivity contribution in [2.45, 2.75) is 0 Å². The minimum atomic E-state index is -5.17. The molecule has 30 N–H and O–H groups in total. The molecule has 0 aromatic heterocycles. The molecule has 24 heteroatoms. The molecule has 0 amide bonds. The normalized spacial score (nSPS) is 4.83. The van der Waals surface area contributed by atoms with Gasteiger partial charge in [-0.2, -0.15) is 0 Å². The summed E-state index contributed by atoms with van der Waals surface area (Å²) in [6.07, 6.45) is 0. The minimum Gasteiger partial charge on any atom is -0.759 e. The fourth-order valence-electron chi connectivity index (χ4n) is 0. The van der Waals surface area contributed by atoms with E-state index < -0.39 is 20.8 Å². The van der Waals surface area contributed by atoms with E-state index in [9.17, 15) is 0 Å². The van der Waals surface area contributed by atoms with Gasteiger partial charge in [0.2, 0.25) is 0 Å². The SMILES string of the molecule is O.O.O.O.O.O.O=S(=O)([O-])[O-].O=S(=O)([O-])[O-].[Cs+].[In+3].[OH3+].[OH3+].[OH3+].[OH3+].[OH3+].[OH3+]. The molecule has 0 rings (SSSR count). The van der Waals surface area contributed by atoms with Crippen LogP contribution >= 0.6 is 0 Å². The standard InChI is InChI=1S/Cs.In.2H2O4S.12H2O/c;;2*1-5(2,3)4;;;;;;;;;;;;/h;;2*(H2,1,2,3,4);12*1H2/q+1;+3;;;;;;;;;;;;;;/p+2. The van der Waals surface area contributed by atoms with Gasteiger partial charge in [-0.25, -0.2) is 0 Å². The zero-order valence-corrected chi connectivity index (χ0v) is 23.3. The van der Waals surface area contributed by atoms with E-state index in [1.165, 1.54) is 0 Å². The van der Waals surface area contributed by atoms with Gasteiger partial charge in [0.15, 0.2) is 0 Å². The first-order valence-electron chi connectivity index (χ1n) is 1.33. The first kappa shape index (κ1) is 160. The Morgan fingerprint density at radius 3 is 0.417 bits per heavy atom. The molecule has 0 aliphatic carbocycles. The molecule has 0 aromatic rings. The Labute approximate surface area is 213 Å². The van der Waals surface area contributed by atoms with Gasteiger partial charge < -0.3 is 83.9 Å². The molecule has 0 spiro atoms. The van der Waals surface area contributed by atoms with Gasteiger partial charge in [0, 0.05) is 20.8 Å². The summed E-state index contributed by atoms with van der Waals surface area (Å²) in [6.45, 7) is 0. The third-order valence-electron chi connectivity index (χ3n) is 0. The molecule has 0 heterocycles. The fraction of sp³-hybridized carbons (Fsp3) is 0. The van der Waals surface area contributed by atoms with Crippen molar-refractivity contribution in [3.63, 3.8) is 0 Å². The van der Waals surface area contributed by atoms with Crippen LogP contribution in [0.1, 0.15) is 0 Å². The van der Waals surface area contributed by atoms with Crippen LogP contribution in [0.5, 0.6) is 0 Å². The molecule has 0 saturated carbocycles. The molecule has 0 fully saturated rings. The summed E-state index contributed by atoms with van der Waals surface area (Å²) in [5.74, 6) is 0. The van der Waals surface area contributed by atoms with E-state index in [2.05, 4.69) is 0 Å². The second-order valence-electron chi connectivity index (χ2n) is 0.816. The zero-order chi connectivity index (χ0) is 9.00. The Morgan fingerprint density at radius 1 is 0.417 bits per heavy atom. The predicted molar refractivity (Wildman–Crippen MR) is 77.6 cm³/mol. The average Bonchev–Trinajstić information content (AvgIpc) is 1.12. The van der Waals surface area contributed by atoms with E-state index >= 15 is 0 Å². The molecule has 0 radical (unpaired) electrons. The van der Waals surface area contributed by atoms with Gasteiger partial charge in [-0.05, 0) is 0 Å². The van der Waals surface area contributed by atoms with E-state index in [4.69, 9.17) is 35.0 Å². The van der Waals surface area contributed by atoms with Crippen LogP contribution in [0.4, 0.5) is 0 Å². The van der Waals surface area contributed by atoms with Crippen LogP contribution in [0.2, 0.25) is 0 Å². The maximum Gasteiger partial charge on any atom is 3.00 e. The number of hydrogen-bond acceptors (Lipinski definition) is 8. The van der Waals surface area contributed by atoms with Crippen molar-refractivity contribution in [3.05, 3.63) is 0 Å². The Bertz CT molecular complexity index is 218. The molecule has 160 valence electrons. The van der Waals surface area contributed by atoms with Gasteiger partial charge in [-0.15, -0.1) is 0 Å². The monoisotopic (exact) mass is 662 g/mol. The van der Waals surface area contributed by atoms with Crippen LogP contribution < -0.4 is 68.9 Å². The van der Waals surface area contributed by atoms with Crippen molar-refractivity contribution >= 4 is 46.6 Å². The van der Waals surface area contributed by atoms with Crippen molar-refractivity contribution in [1.29, 1.82) is 0 Å². The maximum atomic E-state index is 8.52. The topological polar surface area (TPSA) is 548 Å². The van der Waals surface area contributed by atoms with E-state index in [0.29, 0.717) is 0 Å². The summed E-state index contributed by atoms with van der Waals surface area (Å²) in [4.78, 5) is 0. The van der Waals surface area contributed by atoms with Crippen molar-refractivity contribution in [3.8, 4) is 0 Å². The second-order valence-corrected chi connectivity index (χ2v) is 2.45. The first-order valence-corrected chi connectivity index (χ1v) is 4.00. The summed E-state index contributed by atoms with van der Waals surface area (Å²) in [5.41, 5.74) is 0. The van der Waals surface area contributed by atoms with Crippen LogP contribution in [0.25, 0.3) is 0 Å². The molecule has 0 unspecified atom stereocenters. The molecule has 0 bridgehead atoms. The van der Waals surface area contributed by atoms with Crippen molar-refractivity contribution < 1.29 is 170 Å². The Kier molecular flexibility index (Phi) is 489. The second kappa shape index (κ2) is 73.2. The van der Waals surface area contributed by atoms with Crippen molar-refractivity contribution in [2.75, 3.05) is 0 Å². The predicted octanol–water partition coefficient (Wildman–Crippen LogP) is -16.5. The molecule has 0 aromatic carbocycles. The van der Waals surface area contributed by atoms with E-state index in [0.717, 1.165) is 0 Å². The summed E-state index contributed by atoms with van der Waals surface area (Å²) in [5, 5.41) is 0. The van der Waals surface area contributed by atoms with Gasteiger partial charge >= 0.3 is 94.7 Å². The van der Waals surface area contributed by atoms with E-state index in [-0.39, 0.29) is 160 Å². The van der Waals surface area contributed by atoms with Gasteiger partial charge in [0.25, 0.3) is 0 Å². The molecular formula is H30CsInO20S2+6. The molecule has 0 saturated heterocycles. The number of hydrogen-bond donors (Lipinski definition) is 0. The van der Waals surface area contributed by atoms with Crippen LogP contribution in [-0.4, -0.2) is 93.7 Å². The average molecular weight is 662 g/mol. The molecule has 0 aliphatic rings. The van der Waals surface area contributed by atoms with Gasteiger partial charge in [-0.3, -0.25) is 16.8 Å². The molecule has 24 heavy (non-hydrogen) atoms. The van der Waals surface area contributed by atoms with Crippen LogP contribution in [0, 0.1) is 0 Å². The van der Waals surface area contributed by atoms with Crippen LogP contribution in [0.3, 0.4) is 0 Å². The summed E-state index contributed by atoms with van der Waals surface area (Å²) >= 11 is 0. The molecule has 0 aliphatic heterocycles. The fourth-order valence-corrected chi connectivity index (χ4v) is 0. The van der Waals surface area contributed by atoms with Crippen molar-refractivity contribution in [2.24, 2.45) is 0 Å². The van der Waals surface area contributed by atoms with Crippen LogP contribution in [0.15, 0.2) is 0 Å². The van der Waals surface area contributed by atoms with E-state index in [1.807, 2.05) is 0 Å². The Morgan fingerprint density at radius 2 is 0.417 bits per heavy atom. The smallest absolute Gasteiger partial charge is 0.759 e. The third kappa shape index (κ3) is 2730. The molecule has 0 atom stereocenters. The minimum absolute atomic E-state index is 0. The maximum absolute atomic E-state index is 8.52. The van der Waals surface area contributed by atoms with Gasteiger partial charge in [-0.1, -0.05) is 0 Å². The van der Waals surface area contributed by atoms with Crippen LogP contribution in [-0.2, 0) is 53.7 Å². The summed E-state index contributed by atoms with van der Waals surface area (Å²) < 4.78 is 68.2. The number of rotatable bonds is 0. The largest absolute Gasteiger partial charge is 3.00 e. The summed E-state index contributed by atoms with van der Waals surface area (Å²) in [6, 6.07) is 0. The Hall–Kier alpha value is 2.18. The molecular weight excluding hydrogens is 632 g/mol. The van der Waals surface area contributed by atoms with E-state index in [1.54, 1.807) is 0 Å². The Balaban J connectivity index is -0.00000000241. The van der Waals surface area contributed by atoms with Gasteiger partial charge in [0.1, 0.15) is 0 Å². The van der Waals surface area contributed by atoms with Crippen molar-refractivity contribution in [1.82, 2.24) is 0 Å². The quantitative estimate of drug-likeness (QED) is 0.136.